The molecule has 1 fully saturated rings. The van der Waals surface area contributed by atoms with Crippen molar-refractivity contribution in [3.8, 4) is 0 Å². The normalized spacial score (nSPS) is 14.7. The van der Waals surface area contributed by atoms with Crippen LogP contribution in [0.4, 0.5) is 5.69 Å². The Kier molecular flexibility index (Phi) is 5.57. The zero-order chi connectivity index (χ0) is 17.6. The molecule has 1 aromatic carbocycles. The fraction of sp³-hybridized carbons (Fsp3) is 0.294. The van der Waals surface area contributed by atoms with Crippen molar-refractivity contribution in [2.45, 2.75) is 6.42 Å². The summed E-state index contributed by atoms with van der Waals surface area (Å²) < 4.78 is 0. The van der Waals surface area contributed by atoms with Gasteiger partial charge in [-0.2, -0.15) is 0 Å². The minimum atomic E-state index is -0.480. The van der Waals surface area contributed by atoms with Crippen LogP contribution in [0, 0.1) is 0 Å². The molecule has 1 aromatic heterocycles. The molecule has 0 spiro atoms. The maximum atomic E-state index is 12.8. The summed E-state index contributed by atoms with van der Waals surface area (Å²) in [6, 6.07) is 6.70. The van der Waals surface area contributed by atoms with Crippen molar-refractivity contribution < 1.29 is 9.59 Å². The van der Waals surface area contributed by atoms with Gasteiger partial charge in [-0.1, -0.05) is 11.6 Å². The van der Waals surface area contributed by atoms with E-state index in [1.807, 2.05) is 0 Å². The summed E-state index contributed by atoms with van der Waals surface area (Å²) in [4.78, 5) is 35.2. The van der Waals surface area contributed by atoms with E-state index in [9.17, 15) is 9.59 Å². The molecule has 2 amide bonds. The molecule has 3 rings (SSSR count). The number of nitrogens with one attached hydrogen (secondary N) is 2. The molecule has 0 saturated carbocycles. The van der Waals surface area contributed by atoms with Crippen LogP contribution in [-0.4, -0.2) is 52.9 Å². The van der Waals surface area contributed by atoms with Gasteiger partial charge in [0.1, 0.15) is 0 Å². The number of rotatable bonds is 3. The van der Waals surface area contributed by atoms with Gasteiger partial charge in [0.25, 0.3) is 11.8 Å². The summed E-state index contributed by atoms with van der Waals surface area (Å²) in [6.07, 6.45) is 3.68. The summed E-state index contributed by atoms with van der Waals surface area (Å²) in [5.41, 5.74) is 0.646. The molecule has 0 bridgehead atoms. The minimum absolute atomic E-state index is 0.0136. The fourth-order valence-electron chi connectivity index (χ4n) is 2.58. The average molecular weight is 360 g/mol. The van der Waals surface area contributed by atoms with Gasteiger partial charge in [0.05, 0.1) is 0 Å². The summed E-state index contributed by atoms with van der Waals surface area (Å²) >= 11 is 5.84. The molecule has 2 aromatic rings. The fourth-order valence-corrected chi connectivity index (χ4v) is 2.71. The van der Waals surface area contributed by atoms with Gasteiger partial charge >= 0.3 is 0 Å². The van der Waals surface area contributed by atoms with Gasteiger partial charge in [0.2, 0.25) is 0 Å². The maximum absolute atomic E-state index is 12.8. The molecule has 0 aliphatic carbocycles. The number of carbonyl (C=O) groups is 2. The van der Waals surface area contributed by atoms with E-state index in [1.54, 1.807) is 29.2 Å². The molecule has 0 radical (unpaired) electrons. The Morgan fingerprint density at radius 1 is 1.04 bits per heavy atom. The molecule has 0 atom stereocenters. The number of anilines is 1. The summed E-state index contributed by atoms with van der Waals surface area (Å²) in [5, 5.41) is 6.52. The van der Waals surface area contributed by atoms with Gasteiger partial charge in [-0.25, -0.2) is 9.97 Å². The van der Waals surface area contributed by atoms with Crippen molar-refractivity contribution in [1.82, 2.24) is 20.2 Å². The average Bonchev–Trinajstić information content (AvgIpc) is 2.92. The van der Waals surface area contributed by atoms with Crippen LogP contribution in [0.3, 0.4) is 0 Å². The van der Waals surface area contributed by atoms with Crippen LogP contribution in [-0.2, 0) is 0 Å². The Morgan fingerprint density at radius 3 is 2.52 bits per heavy atom. The van der Waals surface area contributed by atoms with E-state index in [0.29, 0.717) is 23.8 Å². The second kappa shape index (κ2) is 8.04. The van der Waals surface area contributed by atoms with E-state index in [0.717, 1.165) is 19.5 Å². The quantitative estimate of drug-likeness (QED) is 0.872. The summed E-state index contributed by atoms with van der Waals surface area (Å²) in [6.45, 7) is 2.79. The zero-order valence-corrected chi connectivity index (χ0v) is 14.3. The highest BCUT2D eigenvalue weighted by Crippen LogP contribution is 2.15. The van der Waals surface area contributed by atoms with Crippen molar-refractivity contribution in [3.63, 3.8) is 0 Å². The second-order valence-electron chi connectivity index (χ2n) is 5.61. The molecular weight excluding hydrogens is 342 g/mol. The Hall–Kier alpha value is -2.51. The summed E-state index contributed by atoms with van der Waals surface area (Å²) in [5.74, 6) is -0.759. The third kappa shape index (κ3) is 4.32. The number of carbonyl (C=O) groups excluding carboxylic acids is 2. The first-order valence-corrected chi connectivity index (χ1v) is 8.41. The van der Waals surface area contributed by atoms with Gasteiger partial charge < -0.3 is 15.5 Å². The molecule has 1 aliphatic heterocycles. The highest BCUT2D eigenvalue weighted by Gasteiger charge is 2.25. The van der Waals surface area contributed by atoms with E-state index >= 15 is 0 Å². The van der Waals surface area contributed by atoms with Gasteiger partial charge in [0.15, 0.2) is 11.4 Å². The third-order valence-electron chi connectivity index (χ3n) is 3.85. The van der Waals surface area contributed by atoms with Gasteiger partial charge in [-0.15, -0.1) is 0 Å². The predicted molar refractivity (Wildman–Crippen MR) is 94.8 cm³/mol. The predicted octanol–water partition coefficient (Wildman–Crippen LogP) is 1.82. The van der Waals surface area contributed by atoms with Crippen molar-refractivity contribution in [2.75, 3.05) is 31.5 Å². The van der Waals surface area contributed by atoms with Crippen LogP contribution >= 0.6 is 11.6 Å². The van der Waals surface area contributed by atoms with Crippen LogP contribution in [0.5, 0.6) is 0 Å². The molecule has 2 heterocycles. The molecular formula is C17H18ClN5O2. The molecule has 1 aliphatic rings. The smallest absolute Gasteiger partial charge is 0.276 e. The monoisotopic (exact) mass is 359 g/mol. The SMILES string of the molecule is O=C(Nc1ccc(Cl)cc1)c1nccnc1C(=O)N1CCCNCC1. The van der Waals surface area contributed by atoms with Crippen LogP contribution in [0.25, 0.3) is 0 Å². The molecule has 2 N–H and O–H groups in total. The molecule has 25 heavy (non-hydrogen) atoms. The van der Waals surface area contributed by atoms with Gasteiger partial charge in [-0.3, -0.25) is 9.59 Å². The number of benzene rings is 1. The Labute approximate surface area is 150 Å². The minimum Gasteiger partial charge on any atom is -0.336 e. The lowest BCUT2D eigenvalue weighted by Gasteiger charge is -2.20. The largest absolute Gasteiger partial charge is 0.336 e. The first-order valence-electron chi connectivity index (χ1n) is 8.03. The first-order chi connectivity index (χ1) is 12.1. The first kappa shape index (κ1) is 17.3. The van der Waals surface area contributed by atoms with Crippen LogP contribution in [0.2, 0.25) is 5.02 Å². The van der Waals surface area contributed by atoms with E-state index in [1.165, 1.54) is 12.4 Å². The zero-order valence-electron chi connectivity index (χ0n) is 13.5. The number of aromatic nitrogens is 2. The van der Waals surface area contributed by atoms with E-state index in [-0.39, 0.29) is 17.3 Å². The highest BCUT2D eigenvalue weighted by molar-refractivity contribution is 6.30. The van der Waals surface area contributed by atoms with E-state index in [2.05, 4.69) is 20.6 Å². The van der Waals surface area contributed by atoms with Gasteiger partial charge in [-0.05, 0) is 37.2 Å². The standard InChI is InChI=1S/C17H18ClN5O2/c18-12-2-4-13(5-3-12)22-16(24)14-15(21-8-7-20-14)17(25)23-10-1-6-19-9-11-23/h2-5,7-8,19H,1,6,9-11H2,(H,22,24). The Bertz CT molecular complexity index is 758. The molecule has 130 valence electrons. The number of nitrogens with zero attached hydrogens (tertiary/aromatic N) is 3. The second-order valence-corrected chi connectivity index (χ2v) is 6.05. The number of amides is 2. The lowest BCUT2D eigenvalue weighted by molar-refractivity contribution is 0.0754. The van der Waals surface area contributed by atoms with Crippen molar-refractivity contribution in [2.24, 2.45) is 0 Å². The Balaban J connectivity index is 1.80. The molecule has 0 unspecified atom stereocenters. The third-order valence-corrected chi connectivity index (χ3v) is 4.10. The molecule has 1 saturated heterocycles. The Morgan fingerprint density at radius 2 is 1.76 bits per heavy atom. The molecule has 7 nitrogen and oxygen atoms in total. The van der Waals surface area contributed by atoms with Crippen LogP contribution in [0.15, 0.2) is 36.7 Å². The number of halogens is 1. The maximum Gasteiger partial charge on any atom is 0.276 e. The van der Waals surface area contributed by atoms with Crippen molar-refractivity contribution in [1.29, 1.82) is 0 Å². The molecule has 8 heteroatoms. The lowest BCUT2D eigenvalue weighted by Crippen LogP contribution is -2.36. The topological polar surface area (TPSA) is 87.2 Å². The van der Waals surface area contributed by atoms with Crippen molar-refractivity contribution in [3.05, 3.63) is 53.1 Å². The number of hydrogen-bond donors (Lipinski definition) is 2. The summed E-state index contributed by atoms with van der Waals surface area (Å²) in [7, 11) is 0. The van der Waals surface area contributed by atoms with Crippen molar-refractivity contribution >= 4 is 29.1 Å². The van der Waals surface area contributed by atoms with Gasteiger partial charge in [0, 0.05) is 42.7 Å². The van der Waals surface area contributed by atoms with E-state index in [4.69, 9.17) is 11.6 Å². The van der Waals surface area contributed by atoms with Crippen LogP contribution in [0.1, 0.15) is 27.4 Å². The van der Waals surface area contributed by atoms with Crippen LogP contribution < -0.4 is 10.6 Å². The van der Waals surface area contributed by atoms with E-state index < -0.39 is 5.91 Å². The number of hydrogen-bond acceptors (Lipinski definition) is 5. The lowest BCUT2D eigenvalue weighted by atomic mass is 10.2. The highest BCUT2D eigenvalue weighted by atomic mass is 35.5.